The Kier molecular flexibility index (Phi) is 5.28. The van der Waals surface area contributed by atoms with Gasteiger partial charge < -0.3 is 10.5 Å². The first-order chi connectivity index (χ1) is 13.4. The second-order valence-electron chi connectivity index (χ2n) is 6.39. The number of benzene rings is 2. The number of hydrogen-bond acceptors (Lipinski definition) is 5. The van der Waals surface area contributed by atoms with E-state index >= 15 is 0 Å². The summed E-state index contributed by atoms with van der Waals surface area (Å²) in [5.41, 5.74) is 6.26. The van der Waals surface area contributed by atoms with Crippen LogP contribution >= 0.6 is 27.3 Å². The number of nitrogens with zero attached hydrogens (tertiary/aromatic N) is 1. The van der Waals surface area contributed by atoms with Crippen molar-refractivity contribution in [1.82, 2.24) is 4.31 Å². The van der Waals surface area contributed by atoms with E-state index in [4.69, 9.17) is 10.5 Å². The molecule has 0 spiro atoms. The highest BCUT2D eigenvalue weighted by molar-refractivity contribution is 9.10. The van der Waals surface area contributed by atoms with Crippen LogP contribution in [0, 0.1) is 0 Å². The highest BCUT2D eigenvalue weighted by Crippen LogP contribution is 2.38. The second kappa shape index (κ2) is 7.57. The van der Waals surface area contributed by atoms with E-state index in [9.17, 15) is 13.2 Å². The molecule has 9 heteroatoms. The number of rotatable bonds is 4. The van der Waals surface area contributed by atoms with Gasteiger partial charge >= 0.3 is 0 Å². The van der Waals surface area contributed by atoms with Gasteiger partial charge in [-0.2, -0.15) is 4.31 Å². The number of nitrogens with two attached hydrogens (primary N) is 1. The maximum atomic E-state index is 13.1. The number of thiophene rings is 1. The molecule has 0 bridgehead atoms. The summed E-state index contributed by atoms with van der Waals surface area (Å²) in [5.74, 6) is -0.535. The molecule has 1 aromatic heterocycles. The molecule has 1 unspecified atom stereocenters. The Morgan fingerprint density at radius 3 is 2.75 bits per heavy atom. The van der Waals surface area contributed by atoms with Gasteiger partial charge in [0.1, 0.15) is 0 Å². The quantitative estimate of drug-likeness (QED) is 0.618. The standard InChI is InChI=1S/C19H17BrN2O4S2/c20-12-4-3-5-13(10-12)28(24,25)22-8-9-26-15(11-22)17-14-6-1-2-7-16(14)27-18(17)19(21)23/h1-7,10,15H,8-9,11H2,(H2,21,23). The number of hydrogen-bond donors (Lipinski definition) is 1. The minimum atomic E-state index is -3.68. The molecule has 0 saturated carbocycles. The van der Waals surface area contributed by atoms with Crippen molar-refractivity contribution in [1.29, 1.82) is 0 Å². The van der Waals surface area contributed by atoms with Crippen molar-refractivity contribution in [3.8, 4) is 0 Å². The number of carbonyl (C=O) groups excluding carboxylic acids is 1. The fourth-order valence-corrected chi connectivity index (χ4v) is 6.49. The third kappa shape index (κ3) is 3.48. The van der Waals surface area contributed by atoms with E-state index in [2.05, 4.69) is 15.9 Å². The summed E-state index contributed by atoms with van der Waals surface area (Å²) in [7, 11) is -3.68. The van der Waals surface area contributed by atoms with Gasteiger partial charge in [-0.1, -0.05) is 40.2 Å². The highest BCUT2D eigenvalue weighted by Gasteiger charge is 2.34. The van der Waals surface area contributed by atoms with Crippen molar-refractivity contribution in [2.24, 2.45) is 5.73 Å². The van der Waals surface area contributed by atoms with Crippen LogP contribution in [-0.2, 0) is 14.8 Å². The number of primary amides is 1. The summed E-state index contributed by atoms with van der Waals surface area (Å²) in [5, 5.41) is 0.869. The highest BCUT2D eigenvalue weighted by atomic mass is 79.9. The van der Waals surface area contributed by atoms with Crippen LogP contribution in [0.2, 0.25) is 0 Å². The predicted octanol–water partition coefficient (Wildman–Crippen LogP) is 3.52. The SMILES string of the molecule is NC(=O)c1sc2ccccc2c1C1CN(S(=O)(=O)c2cccc(Br)c2)CCO1. The zero-order valence-corrected chi connectivity index (χ0v) is 17.9. The fourth-order valence-electron chi connectivity index (χ4n) is 3.36. The Bertz CT molecular complexity index is 1160. The lowest BCUT2D eigenvalue weighted by atomic mass is 10.0. The van der Waals surface area contributed by atoms with E-state index in [0.29, 0.717) is 14.9 Å². The zero-order valence-electron chi connectivity index (χ0n) is 14.7. The van der Waals surface area contributed by atoms with Gasteiger partial charge in [0.05, 0.1) is 22.5 Å². The smallest absolute Gasteiger partial charge is 0.259 e. The van der Waals surface area contributed by atoms with Crippen LogP contribution in [0.3, 0.4) is 0 Å². The summed E-state index contributed by atoms with van der Waals surface area (Å²) in [6.07, 6.45) is -0.561. The molecule has 1 aliphatic rings. The monoisotopic (exact) mass is 480 g/mol. The van der Waals surface area contributed by atoms with E-state index in [1.807, 2.05) is 24.3 Å². The molecule has 0 aliphatic carbocycles. The Morgan fingerprint density at radius 2 is 2.00 bits per heavy atom. The molecular formula is C19H17BrN2O4S2. The number of sulfonamides is 1. The number of amides is 1. The predicted molar refractivity (Wildman–Crippen MR) is 112 cm³/mol. The number of carbonyl (C=O) groups is 1. The van der Waals surface area contributed by atoms with E-state index in [1.54, 1.807) is 24.3 Å². The third-order valence-electron chi connectivity index (χ3n) is 4.64. The van der Waals surface area contributed by atoms with Gasteiger partial charge in [-0.05, 0) is 29.7 Å². The zero-order chi connectivity index (χ0) is 19.9. The molecule has 1 saturated heterocycles. The second-order valence-corrected chi connectivity index (χ2v) is 10.3. The van der Waals surface area contributed by atoms with E-state index in [-0.39, 0.29) is 24.6 Å². The van der Waals surface area contributed by atoms with Crippen molar-refractivity contribution in [3.05, 3.63) is 63.4 Å². The Balaban J connectivity index is 1.73. The Morgan fingerprint density at radius 1 is 1.21 bits per heavy atom. The van der Waals surface area contributed by atoms with Gasteiger partial charge in [0.15, 0.2) is 0 Å². The van der Waals surface area contributed by atoms with Crippen LogP contribution < -0.4 is 5.73 Å². The topological polar surface area (TPSA) is 89.7 Å². The molecule has 6 nitrogen and oxygen atoms in total. The average molecular weight is 481 g/mol. The van der Waals surface area contributed by atoms with Crippen LogP contribution in [0.5, 0.6) is 0 Å². The van der Waals surface area contributed by atoms with Gasteiger partial charge in [0.25, 0.3) is 5.91 Å². The van der Waals surface area contributed by atoms with Crippen molar-refractivity contribution in [2.75, 3.05) is 19.7 Å². The molecule has 2 heterocycles. The van der Waals surface area contributed by atoms with Gasteiger partial charge in [0, 0.05) is 27.8 Å². The van der Waals surface area contributed by atoms with Crippen LogP contribution in [0.4, 0.5) is 0 Å². The molecule has 1 atom stereocenters. The van der Waals surface area contributed by atoms with E-state index in [0.717, 1.165) is 10.1 Å². The first-order valence-corrected chi connectivity index (χ1v) is 11.6. The normalized spacial score (nSPS) is 18.4. The summed E-state index contributed by atoms with van der Waals surface area (Å²) in [6, 6.07) is 14.2. The number of morpholine rings is 1. The number of fused-ring (bicyclic) bond motifs is 1. The molecule has 2 aromatic carbocycles. The lowest BCUT2D eigenvalue weighted by molar-refractivity contribution is -0.00188. The van der Waals surface area contributed by atoms with Crippen LogP contribution in [0.15, 0.2) is 57.9 Å². The Hall–Kier alpha value is -1.78. The summed E-state index contributed by atoms with van der Waals surface area (Å²) < 4.78 is 35.1. The lowest BCUT2D eigenvalue weighted by Gasteiger charge is -2.32. The molecule has 28 heavy (non-hydrogen) atoms. The molecule has 1 aliphatic heterocycles. The first kappa shape index (κ1) is 19.5. The number of ether oxygens (including phenoxy) is 1. The van der Waals surface area contributed by atoms with Crippen LogP contribution in [0.1, 0.15) is 21.3 Å². The summed E-state index contributed by atoms with van der Waals surface area (Å²) in [4.78, 5) is 12.6. The van der Waals surface area contributed by atoms with Gasteiger partial charge in [-0.15, -0.1) is 11.3 Å². The third-order valence-corrected chi connectivity index (χ3v) is 8.20. The molecule has 1 fully saturated rings. The largest absolute Gasteiger partial charge is 0.371 e. The minimum absolute atomic E-state index is 0.121. The molecule has 0 radical (unpaired) electrons. The maximum absolute atomic E-state index is 13.1. The Labute approximate surface area is 175 Å². The van der Waals surface area contributed by atoms with Crippen LogP contribution in [0.25, 0.3) is 10.1 Å². The van der Waals surface area contributed by atoms with Crippen molar-refractivity contribution < 1.29 is 17.9 Å². The molecular weight excluding hydrogens is 464 g/mol. The molecule has 3 aromatic rings. The molecule has 146 valence electrons. The maximum Gasteiger partial charge on any atom is 0.259 e. The lowest BCUT2D eigenvalue weighted by Crippen LogP contribution is -2.42. The van der Waals surface area contributed by atoms with Crippen molar-refractivity contribution in [2.45, 2.75) is 11.0 Å². The summed E-state index contributed by atoms with van der Waals surface area (Å²) in [6.45, 7) is 0.607. The minimum Gasteiger partial charge on any atom is -0.371 e. The van der Waals surface area contributed by atoms with Crippen molar-refractivity contribution >= 4 is 53.3 Å². The molecule has 4 rings (SSSR count). The molecule has 1 amide bonds. The van der Waals surface area contributed by atoms with Crippen molar-refractivity contribution in [3.63, 3.8) is 0 Å². The average Bonchev–Trinajstić information content (AvgIpc) is 3.08. The number of halogens is 1. The van der Waals surface area contributed by atoms with Gasteiger partial charge in [0.2, 0.25) is 10.0 Å². The molecule has 2 N–H and O–H groups in total. The summed E-state index contributed by atoms with van der Waals surface area (Å²) >= 11 is 4.62. The van der Waals surface area contributed by atoms with Crippen LogP contribution in [-0.4, -0.2) is 38.3 Å². The van der Waals surface area contributed by atoms with E-state index in [1.165, 1.54) is 15.6 Å². The fraction of sp³-hybridized carbons (Fsp3) is 0.211. The first-order valence-electron chi connectivity index (χ1n) is 8.56. The van der Waals surface area contributed by atoms with Gasteiger partial charge in [-0.25, -0.2) is 8.42 Å². The van der Waals surface area contributed by atoms with Gasteiger partial charge in [-0.3, -0.25) is 4.79 Å². The van der Waals surface area contributed by atoms with E-state index < -0.39 is 22.0 Å².